The Morgan fingerprint density at radius 3 is 2.55 bits per heavy atom. The largest absolute Gasteiger partial charge is 0.393 e. The van der Waals surface area contributed by atoms with E-state index in [-0.39, 0.29) is 17.4 Å². The molecule has 0 spiro atoms. The number of aliphatic hydroxyl groups excluding tert-OH is 1. The molecule has 0 aromatic carbocycles. The lowest BCUT2D eigenvalue weighted by Gasteiger charge is -2.61. The Balaban J connectivity index is 1.57. The predicted molar refractivity (Wildman–Crippen MR) is 130 cm³/mol. The Hall–Kier alpha value is -1.38. The van der Waals surface area contributed by atoms with Crippen LogP contribution in [0.5, 0.6) is 0 Å². The maximum absolute atomic E-state index is 11.7. The summed E-state index contributed by atoms with van der Waals surface area (Å²) in [5.74, 6) is 3.04. The van der Waals surface area contributed by atoms with Crippen LogP contribution in [0.2, 0.25) is 0 Å². The number of aromatic nitrogens is 2. The first kappa shape index (κ1) is 24.7. The highest BCUT2D eigenvalue weighted by Crippen LogP contribution is 2.68. The summed E-state index contributed by atoms with van der Waals surface area (Å²) in [6, 6.07) is 2.14. The molecular weight excluding hydrogens is 410 g/mol. The van der Waals surface area contributed by atoms with Crippen LogP contribution in [-0.2, 0) is 6.54 Å². The summed E-state index contributed by atoms with van der Waals surface area (Å²) in [7, 11) is 0. The Morgan fingerprint density at radius 1 is 1.21 bits per heavy atom. The Labute approximate surface area is 200 Å². The molecular formula is C28H45N3O2. The molecule has 0 unspecified atom stereocenters. The fourth-order valence-electron chi connectivity index (χ4n) is 9.47. The van der Waals surface area contributed by atoms with E-state index in [1.165, 1.54) is 44.9 Å². The molecule has 1 aromatic heterocycles. The van der Waals surface area contributed by atoms with Gasteiger partial charge in [0.2, 0.25) is 0 Å². The molecule has 184 valence electrons. The van der Waals surface area contributed by atoms with Crippen LogP contribution in [0.15, 0.2) is 12.4 Å². The van der Waals surface area contributed by atoms with Gasteiger partial charge in [0.15, 0.2) is 0 Å². The number of hydrogen-bond acceptors (Lipinski definition) is 4. The second-order valence-corrected chi connectivity index (χ2v) is 12.2. The van der Waals surface area contributed by atoms with Crippen LogP contribution in [0.25, 0.3) is 0 Å². The van der Waals surface area contributed by atoms with Gasteiger partial charge in [0.05, 0.1) is 30.0 Å². The van der Waals surface area contributed by atoms with E-state index in [9.17, 15) is 10.2 Å². The lowest BCUT2D eigenvalue weighted by Crippen LogP contribution is -2.55. The van der Waals surface area contributed by atoms with Crippen molar-refractivity contribution < 1.29 is 10.2 Å². The predicted octanol–water partition coefficient (Wildman–Crippen LogP) is 5.55. The molecule has 3 fully saturated rings. The van der Waals surface area contributed by atoms with Crippen molar-refractivity contribution in [3.05, 3.63) is 18.0 Å². The summed E-state index contributed by atoms with van der Waals surface area (Å²) in [6.45, 7) is 11.6. The van der Waals surface area contributed by atoms with E-state index in [4.69, 9.17) is 5.26 Å². The molecule has 0 radical (unpaired) electrons. The molecule has 1 aromatic rings. The molecule has 8 atom stereocenters. The first-order chi connectivity index (χ1) is 15.6. The van der Waals surface area contributed by atoms with Gasteiger partial charge in [0, 0.05) is 6.20 Å². The molecule has 5 nitrogen and oxygen atoms in total. The van der Waals surface area contributed by atoms with Crippen LogP contribution < -0.4 is 0 Å². The highest BCUT2D eigenvalue weighted by atomic mass is 16.3. The van der Waals surface area contributed by atoms with Crippen LogP contribution in [0.4, 0.5) is 0 Å². The molecule has 1 heterocycles. The van der Waals surface area contributed by atoms with E-state index in [0.29, 0.717) is 29.4 Å². The zero-order valence-electron chi connectivity index (χ0n) is 21.4. The van der Waals surface area contributed by atoms with Gasteiger partial charge < -0.3 is 10.2 Å². The van der Waals surface area contributed by atoms with Gasteiger partial charge in [-0.15, -0.1) is 0 Å². The minimum Gasteiger partial charge on any atom is -0.393 e. The third-order valence-corrected chi connectivity index (χ3v) is 10.8. The average molecular weight is 456 g/mol. The fourth-order valence-corrected chi connectivity index (χ4v) is 9.47. The molecule has 2 N–H and O–H groups in total. The van der Waals surface area contributed by atoms with Gasteiger partial charge in [-0.1, -0.05) is 20.8 Å². The molecule has 0 bridgehead atoms. The van der Waals surface area contributed by atoms with Crippen molar-refractivity contribution in [2.24, 2.45) is 40.4 Å². The molecule has 0 amide bonds. The molecule has 4 rings (SSSR count). The van der Waals surface area contributed by atoms with Gasteiger partial charge in [0.1, 0.15) is 6.07 Å². The van der Waals surface area contributed by atoms with E-state index in [1.54, 1.807) is 17.1 Å². The summed E-state index contributed by atoms with van der Waals surface area (Å²) < 4.78 is 1.75. The Kier molecular flexibility index (Phi) is 6.75. The first-order valence-corrected chi connectivity index (χ1v) is 13.4. The van der Waals surface area contributed by atoms with Crippen molar-refractivity contribution >= 4 is 0 Å². The van der Waals surface area contributed by atoms with Gasteiger partial charge in [-0.05, 0) is 112 Å². The molecule has 0 saturated heterocycles. The minimum absolute atomic E-state index is 0.153. The molecule has 0 aliphatic heterocycles. The van der Waals surface area contributed by atoms with Crippen LogP contribution in [0, 0.1) is 51.8 Å². The number of nitrogens with zero attached hydrogens (tertiary/aromatic N) is 3. The van der Waals surface area contributed by atoms with Crippen LogP contribution in [0.1, 0.15) is 98.0 Å². The maximum Gasteiger partial charge on any atom is 0.102 e. The Morgan fingerprint density at radius 2 is 1.94 bits per heavy atom. The molecule has 3 saturated carbocycles. The van der Waals surface area contributed by atoms with Crippen molar-refractivity contribution in [2.75, 3.05) is 0 Å². The van der Waals surface area contributed by atoms with Gasteiger partial charge in [0.25, 0.3) is 0 Å². The van der Waals surface area contributed by atoms with Gasteiger partial charge in [-0.3, -0.25) is 4.68 Å². The summed E-state index contributed by atoms with van der Waals surface area (Å²) >= 11 is 0. The molecule has 3 aliphatic rings. The first-order valence-electron chi connectivity index (χ1n) is 13.4. The molecule has 33 heavy (non-hydrogen) atoms. The zero-order valence-corrected chi connectivity index (χ0v) is 21.4. The highest BCUT2D eigenvalue weighted by Gasteiger charge is 2.62. The lowest BCUT2D eigenvalue weighted by molar-refractivity contribution is -0.139. The van der Waals surface area contributed by atoms with Crippen molar-refractivity contribution in [2.45, 2.75) is 111 Å². The van der Waals surface area contributed by atoms with Crippen LogP contribution in [-0.4, -0.2) is 31.7 Å². The summed E-state index contributed by atoms with van der Waals surface area (Å²) in [4.78, 5) is 0. The highest BCUT2D eigenvalue weighted by molar-refractivity contribution is 5.22. The number of aliphatic hydroxyl groups is 2. The topological polar surface area (TPSA) is 82.1 Å². The normalized spacial score (nSPS) is 38.1. The van der Waals surface area contributed by atoms with E-state index >= 15 is 0 Å². The smallest absolute Gasteiger partial charge is 0.102 e. The fraction of sp³-hybridized carbons (Fsp3) is 0.857. The summed E-state index contributed by atoms with van der Waals surface area (Å²) in [5, 5.41) is 35.4. The monoisotopic (exact) mass is 455 g/mol. The summed E-state index contributed by atoms with van der Waals surface area (Å²) in [6.07, 6.45) is 13.7. The minimum atomic E-state index is -0.842. The second-order valence-electron chi connectivity index (χ2n) is 12.2. The zero-order chi connectivity index (χ0) is 24.0. The van der Waals surface area contributed by atoms with Crippen LogP contribution >= 0.6 is 0 Å². The third kappa shape index (κ3) is 4.06. The van der Waals surface area contributed by atoms with Gasteiger partial charge in [-0.2, -0.15) is 10.4 Å². The van der Waals surface area contributed by atoms with Crippen molar-refractivity contribution in [3.63, 3.8) is 0 Å². The standard InChI is InChI=1S/C28H45N3O2/c1-6-28(7-2)21(14-19(3)32)8-9-22-23-10-11-25(26(23,4)13-12-24(22)28)27(5,33)18-31-17-20(15-29)16-30-31/h16-17,19,21-25,32-33H,6-14,18H2,1-5H3/t19-,21+,22-,23-,24-,25-,26-,27+/m0/s1. The number of fused-ring (bicyclic) bond motifs is 3. The van der Waals surface area contributed by atoms with E-state index < -0.39 is 5.60 Å². The average Bonchev–Trinajstić information content (AvgIpc) is 3.37. The quantitative estimate of drug-likeness (QED) is 0.564. The maximum atomic E-state index is 11.7. The van der Waals surface area contributed by atoms with E-state index in [1.807, 2.05) is 13.8 Å². The molecule has 3 aliphatic carbocycles. The van der Waals surface area contributed by atoms with Gasteiger partial charge >= 0.3 is 0 Å². The number of nitriles is 1. The van der Waals surface area contributed by atoms with Crippen molar-refractivity contribution in [3.8, 4) is 6.07 Å². The van der Waals surface area contributed by atoms with E-state index in [0.717, 1.165) is 24.7 Å². The second kappa shape index (κ2) is 9.00. The van der Waals surface area contributed by atoms with Crippen molar-refractivity contribution in [1.82, 2.24) is 9.78 Å². The number of rotatable bonds is 7. The van der Waals surface area contributed by atoms with Gasteiger partial charge in [-0.25, -0.2) is 0 Å². The van der Waals surface area contributed by atoms with E-state index in [2.05, 4.69) is 31.9 Å². The third-order valence-electron chi connectivity index (χ3n) is 10.8. The summed E-state index contributed by atoms with van der Waals surface area (Å²) in [5.41, 5.74) is 0.210. The SMILES string of the molecule is CCC1(CC)[C@@H](C[C@H](C)O)CC[C@@H]2[C@@H]1CC[C@@]1(C)[C@H]2CC[C@@H]1[C@](C)(O)Cn1cc(C#N)cn1. The van der Waals surface area contributed by atoms with Crippen molar-refractivity contribution in [1.29, 1.82) is 5.26 Å². The Bertz CT molecular complexity index is 865. The molecule has 5 heteroatoms. The van der Waals surface area contributed by atoms with Crippen LogP contribution in [0.3, 0.4) is 0 Å². The lowest BCUT2D eigenvalue weighted by atomic mass is 9.44. The number of hydrogen-bond donors (Lipinski definition) is 2.